The number of hydrogen-bond acceptors (Lipinski definition) is 6. The molecule has 4 rings (SSSR count). The fourth-order valence-electron chi connectivity index (χ4n) is 5.64. The molecule has 0 bridgehead atoms. The normalized spacial score (nSPS) is 29.1. The largest absolute Gasteiger partial charge is 0.494 e. The summed E-state index contributed by atoms with van der Waals surface area (Å²) in [5.41, 5.74) is 1.07. The molecule has 3 aliphatic rings. The van der Waals surface area contributed by atoms with Gasteiger partial charge < -0.3 is 27.9 Å². The van der Waals surface area contributed by atoms with Crippen molar-refractivity contribution in [2.75, 3.05) is 0 Å². The molecule has 3 saturated heterocycles. The molecular formula is C26H43B3O6. The molecule has 0 aromatic heterocycles. The highest BCUT2D eigenvalue weighted by atomic mass is 16.7. The molecule has 0 radical (unpaired) electrons. The zero-order chi connectivity index (χ0) is 26.1. The highest BCUT2D eigenvalue weighted by Gasteiger charge is 2.54. The zero-order valence-electron chi connectivity index (χ0n) is 23.7. The van der Waals surface area contributed by atoms with Gasteiger partial charge in [-0.05, 0) is 83.6 Å². The van der Waals surface area contributed by atoms with E-state index in [1.807, 2.05) is 0 Å². The maximum atomic E-state index is 6.46. The van der Waals surface area contributed by atoms with E-state index in [9.17, 15) is 0 Å². The summed E-state index contributed by atoms with van der Waals surface area (Å²) < 4.78 is 38.6. The minimum Gasteiger partial charge on any atom is -0.401 e. The van der Waals surface area contributed by atoms with Crippen LogP contribution in [0.1, 0.15) is 83.1 Å². The Labute approximate surface area is 213 Å². The van der Waals surface area contributed by atoms with Crippen molar-refractivity contribution in [2.24, 2.45) is 11.8 Å². The summed E-state index contributed by atoms with van der Waals surface area (Å²) in [6, 6.07) is 6.24. The predicted octanol–water partition coefficient (Wildman–Crippen LogP) is 3.08. The molecule has 1 aromatic rings. The lowest BCUT2D eigenvalue weighted by Gasteiger charge is -2.32. The molecule has 192 valence electrons. The highest BCUT2D eigenvalue weighted by Crippen LogP contribution is 2.37. The Morgan fingerprint density at radius 3 is 1.14 bits per heavy atom. The molecule has 9 heteroatoms. The van der Waals surface area contributed by atoms with Crippen LogP contribution in [0.3, 0.4) is 0 Å². The monoisotopic (exact) mass is 484 g/mol. The summed E-state index contributed by atoms with van der Waals surface area (Å²) >= 11 is 0. The molecule has 0 aliphatic carbocycles. The van der Waals surface area contributed by atoms with Crippen LogP contribution < -0.4 is 16.4 Å². The lowest BCUT2D eigenvalue weighted by molar-refractivity contribution is 0.00578. The van der Waals surface area contributed by atoms with E-state index in [1.165, 1.54) is 0 Å². The van der Waals surface area contributed by atoms with Gasteiger partial charge in [0.15, 0.2) is 0 Å². The lowest BCUT2D eigenvalue weighted by Crippen LogP contribution is -2.47. The Morgan fingerprint density at radius 2 is 0.857 bits per heavy atom. The van der Waals surface area contributed by atoms with E-state index in [0.717, 1.165) is 16.4 Å². The Balaban J connectivity index is 1.73. The number of rotatable bonds is 5. The first-order valence-corrected chi connectivity index (χ1v) is 13.1. The highest BCUT2D eigenvalue weighted by molar-refractivity contribution is 6.69. The maximum absolute atomic E-state index is 6.46. The van der Waals surface area contributed by atoms with Gasteiger partial charge in [-0.25, -0.2) is 0 Å². The molecule has 3 heterocycles. The van der Waals surface area contributed by atoms with E-state index in [-0.39, 0.29) is 12.2 Å². The second kappa shape index (κ2) is 8.88. The van der Waals surface area contributed by atoms with Crippen LogP contribution in [0, 0.1) is 11.8 Å². The molecule has 2 atom stereocenters. The van der Waals surface area contributed by atoms with Crippen molar-refractivity contribution < 1.29 is 27.9 Å². The van der Waals surface area contributed by atoms with Crippen molar-refractivity contribution in [1.82, 2.24) is 0 Å². The van der Waals surface area contributed by atoms with Gasteiger partial charge in [0.1, 0.15) is 0 Å². The van der Waals surface area contributed by atoms with Crippen LogP contribution >= 0.6 is 0 Å². The Hall–Kier alpha value is -0.825. The van der Waals surface area contributed by atoms with Crippen LogP contribution in [-0.2, 0) is 27.9 Å². The lowest BCUT2D eigenvalue weighted by atomic mass is 9.66. The molecule has 6 nitrogen and oxygen atoms in total. The third-order valence-corrected chi connectivity index (χ3v) is 8.01. The molecule has 3 aliphatic heterocycles. The van der Waals surface area contributed by atoms with Crippen LogP contribution in [0.4, 0.5) is 0 Å². The molecule has 3 fully saturated rings. The quantitative estimate of drug-likeness (QED) is 0.600. The van der Waals surface area contributed by atoms with Crippen molar-refractivity contribution in [2.45, 2.75) is 118 Å². The maximum Gasteiger partial charge on any atom is 0.494 e. The molecule has 0 spiro atoms. The molecule has 1 aromatic carbocycles. The number of hydrogen-bond donors (Lipinski definition) is 0. The Bertz CT molecular complexity index is 875. The molecule has 0 saturated carbocycles. The summed E-state index contributed by atoms with van der Waals surface area (Å²) in [4.78, 5) is 0. The van der Waals surface area contributed by atoms with Gasteiger partial charge in [0.05, 0.1) is 34.6 Å². The van der Waals surface area contributed by atoms with E-state index < -0.39 is 43.8 Å². The second-order valence-corrected chi connectivity index (χ2v) is 13.2. The van der Waals surface area contributed by atoms with Crippen LogP contribution in [-0.4, -0.2) is 56.0 Å². The van der Waals surface area contributed by atoms with Crippen molar-refractivity contribution in [3.8, 4) is 0 Å². The van der Waals surface area contributed by atoms with Crippen molar-refractivity contribution in [3.05, 3.63) is 18.2 Å². The zero-order valence-corrected chi connectivity index (χ0v) is 23.7. The van der Waals surface area contributed by atoms with Crippen LogP contribution in [0.5, 0.6) is 0 Å². The summed E-state index contributed by atoms with van der Waals surface area (Å²) in [6.07, 6.45) is -0.0284. The Morgan fingerprint density at radius 1 is 0.543 bits per heavy atom. The van der Waals surface area contributed by atoms with Gasteiger partial charge in [0, 0.05) is 0 Å². The third-order valence-electron chi connectivity index (χ3n) is 8.01. The topological polar surface area (TPSA) is 55.4 Å². The van der Waals surface area contributed by atoms with E-state index in [1.54, 1.807) is 0 Å². The van der Waals surface area contributed by atoms with Gasteiger partial charge in [-0.3, -0.25) is 0 Å². The van der Waals surface area contributed by atoms with Gasteiger partial charge in [-0.2, -0.15) is 0 Å². The van der Waals surface area contributed by atoms with E-state index >= 15 is 0 Å². The van der Waals surface area contributed by atoms with Crippen molar-refractivity contribution in [3.63, 3.8) is 0 Å². The minimum absolute atomic E-state index is 0.0142. The summed E-state index contributed by atoms with van der Waals surface area (Å²) in [5, 5.41) is 0. The van der Waals surface area contributed by atoms with E-state index in [4.69, 9.17) is 27.9 Å². The molecule has 0 amide bonds. The Kier molecular flexibility index (Phi) is 6.91. The smallest absolute Gasteiger partial charge is 0.401 e. The molecule has 2 unspecified atom stereocenters. The summed E-state index contributed by atoms with van der Waals surface area (Å²) in [6.45, 7) is 25.3. The average molecular weight is 484 g/mol. The fourth-order valence-corrected chi connectivity index (χ4v) is 5.64. The van der Waals surface area contributed by atoms with Gasteiger partial charge in [-0.1, -0.05) is 45.9 Å². The minimum atomic E-state index is -0.510. The second-order valence-electron chi connectivity index (χ2n) is 13.2. The van der Waals surface area contributed by atoms with Crippen LogP contribution in [0.25, 0.3) is 0 Å². The first-order valence-electron chi connectivity index (χ1n) is 13.1. The molecular weight excluding hydrogens is 441 g/mol. The molecule has 0 N–H and O–H groups in total. The van der Waals surface area contributed by atoms with Crippen molar-refractivity contribution >= 4 is 37.7 Å². The average Bonchev–Trinajstić information content (AvgIpc) is 3.29. The summed E-state index contributed by atoms with van der Waals surface area (Å²) in [5.74, 6) is 0.657. The first-order chi connectivity index (χ1) is 15.9. The number of benzene rings is 1. The van der Waals surface area contributed by atoms with Crippen LogP contribution in [0.15, 0.2) is 18.2 Å². The standard InChI is InChI=1S/C26H43B3O6/c1-16(2)21-23(5,6)32-27(30-21)18-13-19(28-31-22(17(3)4)24(7,8)33-28)15-20(14-18)29-34-25(9,10)26(11,12)35-29/h13-17,21-22H,1-12H3. The first kappa shape index (κ1) is 27.2. The molecule has 35 heavy (non-hydrogen) atoms. The van der Waals surface area contributed by atoms with Gasteiger partial charge in [0.2, 0.25) is 0 Å². The van der Waals surface area contributed by atoms with Gasteiger partial charge in [0.25, 0.3) is 0 Å². The van der Waals surface area contributed by atoms with E-state index in [2.05, 4.69) is 101 Å². The fraction of sp³-hybridized carbons (Fsp3) is 0.769. The SMILES string of the molecule is CC(C)C1OB(c2cc(B3OC(C(C)C)C(C)(C)O3)cc(B3OC(C)(C)C(C)(C)O3)c2)OC1(C)C. The van der Waals surface area contributed by atoms with Crippen molar-refractivity contribution in [1.29, 1.82) is 0 Å². The third kappa shape index (κ3) is 5.02. The van der Waals surface area contributed by atoms with Gasteiger partial charge in [-0.15, -0.1) is 0 Å². The van der Waals surface area contributed by atoms with E-state index in [0.29, 0.717) is 11.8 Å². The summed E-state index contributed by atoms with van der Waals surface area (Å²) in [7, 11) is -1.49. The van der Waals surface area contributed by atoms with Gasteiger partial charge >= 0.3 is 21.4 Å². The predicted molar refractivity (Wildman–Crippen MR) is 143 cm³/mol. The van der Waals surface area contributed by atoms with Crippen LogP contribution in [0.2, 0.25) is 0 Å².